The molecule has 0 unspecified atom stereocenters. The molecule has 0 saturated carbocycles. The zero-order chi connectivity index (χ0) is 19.8. The number of carbonyl (C=O) groups excluding carboxylic acids is 1. The zero-order valence-corrected chi connectivity index (χ0v) is 15.2. The third kappa shape index (κ3) is 3.35. The molecule has 140 valence electrons. The van der Waals surface area contributed by atoms with Gasteiger partial charge in [0, 0.05) is 6.42 Å². The summed E-state index contributed by atoms with van der Waals surface area (Å²) in [6.07, 6.45) is 1.71. The number of amides is 1. The molecule has 27 heavy (non-hydrogen) atoms. The molecule has 3 N–H and O–H groups in total. The van der Waals surface area contributed by atoms with Crippen molar-refractivity contribution in [3.8, 4) is 5.75 Å². The number of nitrogens with zero attached hydrogens (tertiary/aromatic N) is 4. The van der Waals surface area contributed by atoms with Gasteiger partial charge in [-0.25, -0.2) is 9.07 Å². The number of benzene rings is 1. The topological polar surface area (TPSA) is 119 Å². The van der Waals surface area contributed by atoms with Crippen LogP contribution in [0, 0.1) is 16.6 Å². The second kappa shape index (κ2) is 6.75. The second-order valence-electron chi connectivity index (χ2n) is 6.57. The third-order valence-corrected chi connectivity index (χ3v) is 4.33. The molecule has 0 saturated heterocycles. The molecule has 0 bridgehead atoms. The first-order valence-electron chi connectivity index (χ1n) is 8.17. The molecule has 9 heteroatoms. The van der Waals surface area contributed by atoms with E-state index in [9.17, 15) is 9.18 Å². The number of rotatable bonds is 3. The van der Waals surface area contributed by atoms with Crippen LogP contribution in [0.3, 0.4) is 0 Å². The Balaban J connectivity index is 1.91. The monoisotopic (exact) mass is 370 g/mol. The molecule has 1 amide bonds. The maximum atomic E-state index is 13.9. The van der Waals surface area contributed by atoms with Crippen molar-refractivity contribution in [2.75, 3.05) is 7.11 Å². The molecular weight excluding hydrogens is 351 g/mol. The number of nitrogens with two attached hydrogens (primary N) is 1. The average molecular weight is 370 g/mol. The summed E-state index contributed by atoms with van der Waals surface area (Å²) < 4.78 is 20.4. The van der Waals surface area contributed by atoms with Crippen molar-refractivity contribution < 1.29 is 13.9 Å². The van der Waals surface area contributed by atoms with Gasteiger partial charge < -0.3 is 15.9 Å². The summed E-state index contributed by atoms with van der Waals surface area (Å²) in [6.45, 7) is 3.20. The van der Waals surface area contributed by atoms with E-state index in [0.717, 1.165) is 0 Å². The van der Waals surface area contributed by atoms with Crippen LogP contribution >= 0.6 is 0 Å². The zero-order valence-electron chi connectivity index (χ0n) is 15.2. The molecule has 8 nitrogen and oxygen atoms in total. The van der Waals surface area contributed by atoms with Crippen LogP contribution in [0.1, 0.15) is 25.1 Å². The summed E-state index contributed by atoms with van der Waals surface area (Å²) in [4.78, 5) is 19.7. The van der Waals surface area contributed by atoms with Crippen LogP contribution < -0.4 is 10.5 Å². The molecule has 0 fully saturated rings. The fourth-order valence-corrected chi connectivity index (χ4v) is 2.55. The smallest absolute Gasteiger partial charge is 0.259 e. The Morgan fingerprint density at radius 2 is 2.11 bits per heavy atom. The first-order chi connectivity index (χ1) is 12.7. The van der Waals surface area contributed by atoms with Crippen LogP contribution in [0.15, 0.2) is 40.4 Å². The number of carbonyl (C=O) groups is 1. The van der Waals surface area contributed by atoms with Crippen molar-refractivity contribution in [2.24, 2.45) is 21.1 Å². The number of amidine groups is 1. The summed E-state index contributed by atoms with van der Waals surface area (Å²) in [5, 5.41) is 12.3. The van der Waals surface area contributed by atoms with E-state index in [1.165, 1.54) is 24.1 Å². The van der Waals surface area contributed by atoms with Gasteiger partial charge in [0.1, 0.15) is 11.5 Å². The SMILES string of the molecule is COc1cn(C(N)=NC2=NC(=O)C(C)(C)C2=N)nc1Cc1ccccc1F. The average Bonchev–Trinajstić information content (AvgIpc) is 3.12. The van der Waals surface area contributed by atoms with Gasteiger partial charge in [0.25, 0.3) is 5.91 Å². The van der Waals surface area contributed by atoms with E-state index in [1.54, 1.807) is 32.0 Å². The molecule has 1 aromatic heterocycles. The summed E-state index contributed by atoms with van der Waals surface area (Å²) in [5.74, 6) is -0.506. The Morgan fingerprint density at radius 1 is 1.41 bits per heavy atom. The Morgan fingerprint density at radius 3 is 2.70 bits per heavy atom. The molecule has 1 aromatic carbocycles. The van der Waals surface area contributed by atoms with Gasteiger partial charge in [-0.05, 0) is 25.5 Å². The highest BCUT2D eigenvalue weighted by Gasteiger charge is 2.41. The molecule has 0 atom stereocenters. The molecule has 2 aromatic rings. The van der Waals surface area contributed by atoms with Gasteiger partial charge in [0.2, 0.25) is 5.96 Å². The van der Waals surface area contributed by atoms with Crippen molar-refractivity contribution in [3.05, 3.63) is 47.5 Å². The summed E-state index contributed by atoms with van der Waals surface area (Å²) >= 11 is 0. The van der Waals surface area contributed by atoms with E-state index in [4.69, 9.17) is 15.9 Å². The Labute approximate surface area is 155 Å². The van der Waals surface area contributed by atoms with Crippen LogP contribution in [0.5, 0.6) is 5.75 Å². The molecule has 0 radical (unpaired) electrons. The van der Waals surface area contributed by atoms with Crippen molar-refractivity contribution in [2.45, 2.75) is 20.3 Å². The highest BCUT2D eigenvalue weighted by atomic mass is 19.1. The predicted molar refractivity (Wildman–Crippen MR) is 99.0 cm³/mol. The van der Waals surface area contributed by atoms with Gasteiger partial charge in [-0.1, -0.05) is 18.2 Å². The van der Waals surface area contributed by atoms with E-state index in [0.29, 0.717) is 17.0 Å². The number of hydrogen-bond donors (Lipinski definition) is 2. The molecule has 2 heterocycles. The van der Waals surface area contributed by atoms with Gasteiger partial charge in [0.15, 0.2) is 11.6 Å². The first kappa shape index (κ1) is 18.4. The summed E-state index contributed by atoms with van der Waals surface area (Å²) in [6, 6.07) is 6.38. The van der Waals surface area contributed by atoms with E-state index < -0.39 is 11.3 Å². The van der Waals surface area contributed by atoms with Crippen molar-refractivity contribution >= 4 is 23.4 Å². The van der Waals surface area contributed by atoms with Crippen LogP contribution in [0.4, 0.5) is 4.39 Å². The summed E-state index contributed by atoms with van der Waals surface area (Å²) in [5.41, 5.74) is 5.86. The minimum absolute atomic E-state index is 0.0128. The highest BCUT2D eigenvalue weighted by molar-refractivity contribution is 6.52. The van der Waals surface area contributed by atoms with Gasteiger partial charge in [-0.2, -0.15) is 15.1 Å². The minimum atomic E-state index is -1.03. The largest absolute Gasteiger partial charge is 0.493 e. The third-order valence-electron chi connectivity index (χ3n) is 4.33. The fraction of sp³-hybridized carbons (Fsp3) is 0.278. The summed E-state index contributed by atoms with van der Waals surface area (Å²) in [7, 11) is 1.47. The number of methoxy groups -OCH3 is 1. The number of aliphatic imine (C=N–C) groups is 2. The second-order valence-corrected chi connectivity index (χ2v) is 6.57. The van der Waals surface area contributed by atoms with Crippen molar-refractivity contribution in [1.29, 1.82) is 5.41 Å². The van der Waals surface area contributed by atoms with Crippen LogP contribution in [0.2, 0.25) is 0 Å². The molecule has 1 aliphatic rings. The van der Waals surface area contributed by atoms with Crippen molar-refractivity contribution in [3.63, 3.8) is 0 Å². The van der Waals surface area contributed by atoms with E-state index in [-0.39, 0.29) is 29.7 Å². The maximum absolute atomic E-state index is 13.9. The van der Waals surface area contributed by atoms with Gasteiger partial charge in [-0.3, -0.25) is 4.79 Å². The lowest BCUT2D eigenvalue weighted by Gasteiger charge is -2.12. The lowest BCUT2D eigenvalue weighted by Crippen LogP contribution is -2.31. The minimum Gasteiger partial charge on any atom is -0.493 e. The van der Waals surface area contributed by atoms with Gasteiger partial charge in [0.05, 0.1) is 24.4 Å². The van der Waals surface area contributed by atoms with Crippen molar-refractivity contribution in [1.82, 2.24) is 9.78 Å². The number of hydrogen-bond acceptors (Lipinski definition) is 5. The van der Waals surface area contributed by atoms with Crippen LogP contribution in [-0.2, 0) is 11.2 Å². The van der Waals surface area contributed by atoms with E-state index in [2.05, 4.69) is 15.1 Å². The lowest BCUT2D eigenvalue weighted by molar-refractivity contribution is -0.122. The quantitative estimate of drug-likeness (QED) is 0.632. The molecule has 1 aliphatic heterocycles. The lowest BCUT2D eigenvalue weighted by atomic mass is 9.89. The fourth-order valence-electron chi connectivity index (χ4n) is 2.55. The van der Waals surface area contributed by atoms with E-state index in [1.807, 2.05) is 0 Å². The Hall–Kier alpha value is -3.36. The van der Waals surface area contributed by atoms with Crippen LogP contribution in [0.25, 0.3) is 0 Å². The Kier molecular flexibility index (Phi) is 4.61. The molecule has 3 rings (SSSR count). The normalized spacial score (nSPS) is 16.6. The molecular formula is C18H19FN6O2. The molecule has 0 aliphatic carbocycles. The van der Waals surface area contributed by atoms with Crippen LogP contribution in [-0.4, -0.2) is 40.3 Å². The highest BCUT2D eigenvalue weighted by Crippen LogP contribution is 2.26. The predicted octanol–water partition coefficient (Wildman–Crippen LogP) is 1.77. The van der Waals surface area contributed by atoms with Gasteiger partial charge >= 0.3 is 0 Å². The Bertz CT molecular complexity index is 989. The number of ether oxygens (including phenoxy) is 1. The molecule has 0 spiro atoms. The maximum Gasteiger partial charge on any atom is 0.259 e. The number of halogens is 1. The standard InChI is InChI=1S/C18H19FN6O2/c1-18(2)14(20)15(22-16(18)26)23-17(21)25-9-13(27-3)12(24-25)8-10-6-4-5-7-11(10)19/h4-7,9,20H,8H2,1-3H3,(H2,21,22,23,26). The number of nitrogens with one attached hydrogen (secondary N) is 1. The van der Waals surface area contributed by atoms with E-state index >= 15 is 0 Å². The number of aromatic nitrogens is 2. The first-order valence-corrected chi connectivity index (χ1v) is 8.17. The van der Waals surface area contributed by atoms with Gasteiger partial charge in [-0.15, -0.1) is 0 Å².